The molecule has 1 aromatic carbocycles. The lowest BCUT2D eigenvalue weighted by atomic mass is 10.0. The molecular formula is C30H32BrN7O3. The number of fused-ring (bicyclic) bond motifs is 1. The number of amides is 3. The van der Waals surface area contributed by atoms with Crippen molar-refractivity contribution in [1.82, 2.24) is 24.7 Å². The van der Waals surface area contributed by atoms with E-state index in [-0.39, 0.29) is 42.4 Å². The lowest BCUT2D eigenvalue weighted by Crippen LogP contribution is -2.61. The summed E-state index contributed by atoms with van der Waals surface area (Å²) < 4.78 is 2.74. The molecule has 2 atom stereocenters. The molecule has 3 aromatic rings. The van der Waals surface area contributed by atoms with E-state index in [2.05, 4.69) is 43.8 Å². The maximum atomic E-state index is 14.2. The molecular weight excluding hydrogens is 586 g/mol. The third kappa shape index (κ3) is 5.44. The Hall–Kier alpha value is -4.17. The second-order valence-corrected chi connectivity index (χ2v) is 11.7. The average molecular weight is 619 g/mol. The van der Waals surface area contributed by atoms with E-state index in [0.29, 0.717) is 37.3 Å². The highest BCUT2D eigenvalue weighted by atomic mass is 79.9. The molecule has 1 N–H and O–H groups in total. The van der Waals surface area contributed by atoms with Crippen LogP contribution in [0.5, 0.6) is 0 Å². The Morgan fingerprint density at radius 2 is 1.85 bits per heavy atom. The number of anilines is 1. The number of piperazine rings is 1. The summed E-state index contributed by atoms with van der Waals surface area (Å²) in [6.45, 7) is 11.6. The number of halogens is 1. The minimum absolute atomic E-state index is 0.0619. The largest absolute Gasteiger partial charge is 0.353 e. The molecule has 2 unspecified atom stereocenters. The molecule has 0 radical (unpaired) electrons. The molecule has 41 heavy (non-hydrogen) atoms. The maximum absolute atomic E-state index is 14.2. The molecule has 0 spiro atoms. The fourth-order valence-corrected chi connectivity index (χ4v) is 6.26. The van der Waals surface area contributed by atoms with E-state index in [1.807, 2.05) is 54.5 Å². The summed E-state index contributed by atoms with van der Waals surface area (Å²) in [7, 11) is 0. The van der Waals surface area contributed by atoms with Crippen LogP contribution in [-0.4, -0.2) is 81.4 Å². The molecule has 2 aliphatic rings. The van der Waals surface area contributed by atoms with Crippen molar-refractivity contribution in [2.24, 2.45) is 0 Å². The van der Waals surface area contributed by atoms with Gasteiger partial charge in [0, 0.05) is 65.5 Å². The van der Waals surface area contributed by atoms with Gasteiger partial charge in [-0.2, -0.15) is 5.26 Å². The molecule has 10 nitrogen and oxygen atoms in total. The van der Waals surface area contributed by atoms with Gasteiger partial charge in [0.2, 0.25) is 11.8 Å². The molecule has 212 valence electrons. The minimum Gasteiger partial charge on any atom is -0.353 e. The molecule has 0 bridgehead atoms. The summed E-state index contributed by atoms with van der Waals surface area (Å²) in [5, 5.41) is 12.9. The minimum atomic E-state index is -0.173. The highest BCUT2D eigenvalue weighted by Gasteiger charge is 2.36. The van der Waals surface area contributed by atoms with E-state index in [0.717, 1.165) is 26.9 Å². The lowest BCUT2D eigenvalue weighted by molar-refractivity contribution is -0.133. The number of aromatic nitrogens is 2. The monoisotopic (exact) mass is 617 g/mol. The summed E-state index contributed by atoms with van der Waals surface area (Å²) in [6, 6.07) is 11.1. The van der Waals surface area contributed by atoms with Gasteiger partial charge < -0.3 is 24.6 Å². The van der Waals surface area contributed by atoms with Gasteiger partial charge in [-0.1, -0.05) is 22.5 Å². The Labute approximate surface area is 247 Å². The highest BCUT2D eigenvalue weighted by Crippen LogP contribution is 2.32. The van der Waals surface area contributed by atoms with E-state index in [1.54, 1.807) is 17.2 Å². The molecule has 2 aliphatic heterocycles. The first kappa shape index (κ1) is 28.4. The molecule has 0 aliphatic carbocycles. The van der Waals surface area contributed by atoms with Crippen molar-refractivity contribution in [1.29, 1.82) is 5.26 Å². The predicted octanol–water partition coefficient (Wildman–Crippen LogP) is 3.23. The number of hydrogen-bond acceptors (Lipinski definition) is 6. The van der Waals surface area contributed by atoms with Gasteiger partial charge in [0.1, 0.15) is 18.4 Å². The first-order chi connectivity index (χ1) is 19.6. The van der Waals surface area contributed by atoms with Crippen LogP contribution in [0.25, 0.3) is 10.9 Å². The van der Waals surface area contributed by atoms with Gasteiger partial charge >= 0.3 is 0 Å². The summed E-state index contributed by atoms with van der Waals surface area (Å²) in [6.07, 6.45) is 2.84. The first-order valence-electron chi connectivity index (χ1n) is 13.5. The zero-order chi connectivity index (χ0) is 29.4. The SMILES string of the molecule is C=CC(=O)N1CC(NC(=O)Cn2c(C)c(C(=O)N3C(C)CN(c4ccc(C#N)cn4)CC3C)c3cc(Br)ccc32)C1. The van der Waals surface area contributed by atoms with E-state index in [1.165, 1.54) is 6.08 Å². The van der Waals surface area contributed by atoms with Crippen LogP contribution in [0.1, 0.15) is 35.5 Å². The van der Waals surface area contributed by atoms with Crippen molar-refractivity contribution in [3.63, 3.8) is 0 Å². The fourth-order valence-electron chi connectivity index (χ4n) is 5.90. The third-order valence-electron chi connectivity index (χ3n) is 7.89. The molecule has 4 heterocycles. The Morgan fingerprint density at radius 1 is 1.15 bits per heavy atom. The van der Waals surface area contributed by atoms with Crippen molar-refractivity contribution in [2.75, 3.05) is 31.1 Å². The van der Waals surface area contributed by atoms with Crippen LogP contribution in [0.2, 0.25) is 0 Å². The summed E-state index contributed by atoms with van der Waals surface area (Å²) >= 11 is 3.55. The summed E-state index contributed by atoms with van der Waals surface area (Å²) in [4.78, 5) is 49.1. The summed E-state index contributed by atoms with van der Waals surface area (Å²) in [5.41, 5.74) is 2.63. The van der Waals surface area contributed by atoms with Crippen molar-refractivity contribution in [3.05, 3.63) is 70.5 Å². The van der Waals surface area contributed by atoms with E-state index < -0.39 is 0 Å². The predicted molar refractivity (Wildman–Crippen MR) is 159 cm³/mol. The Kier molecular flexibility index (Phi) is 7.87. The summed E-state index contributed by atoms with van der Waals surface area (Å²) in [5.74, 6) is 0.387. The average Bonchev–Trinajstić information content (AvgIpc) is 3.19. The third-order valence-corrected chi connectivity index (χ3v) is 8.38. The molecule has 3 amide bonds. The molecule has 2 fully saturated rings. The molecule has 2 saturated heterocycles. The number of nitrogens with one attached hydrogen (secondary N) is 1. The fraction of sp³-hybridized carbons (Fsp3) is 0.367. The molecule has 11 heteroatoms. The smallest absolute Gasteiger partial charge is 0.256 e. The Morgan fingerprint density at radius 3 is 2.46 bits per heavy atom. The van der Waals surface area contributed by atoms with Crippen LogP contribution < -0.4 is 10.2 Å². The zero-order valence-corrected chi connectivity index (χ0v) is 24.9. The van der Waals surface area contributed by atoms with Crippen LogP contribution in [0, 0.1) is 18.3 Å². The van der Waals surface area contributed by atoms with Crippen LogP contribution in [-0.2, 0) is 16.1 Å². The first-order valence-corrected chi connectivity index (χ1v) is 14.3. The topological polar surface area (TPSA) is 115 Å². The quantitative estimate of drug-likeness (QED) is 0.425. The van der Waals surface area contributed by atoms with Gasteiger partial charge in [0.15, 0.2) is 0 Å². The number of benzene rings is 1. The van der Waals surface area contributed by atoms with Crippen molar-refractivity contribution < 1.29 is 14.4 Å². The molecule has 0 saturated carbocycles. The van der Waals surface area contributed by atoms with Crippen molar-refractivity contribution >= 4 is 50.4 Å². The second-order valence-electron chi connectivity index (χ2n) is 10.8. The van der Waals surface area contributed by atoms with Gasteiger partial charge in [0.05, 0.1) is 17.2 Å². The van der Waals surface area contributed by atoms with Crippen LogP contribution in [0.4, 0.5) is 5.82 Å². The van der Waals surface area contributed by atoms with Crippen molar-refractivity contribution in [3.8, 4) is 6.07 Å². The standard InChI is InChI=1S/C30H32BrN7O3/c1-5-28(40)36-15-23(16-36)34-27(39)17-37-20(4)29(24-10-22(31)7-8-25(24)37)30(41)38-18(2)13-35(14-19(38)3)26-9-6-21(11-32)12-33-26/h5-10,12,18-19,23H,1,13-17H2,2-4H3,(H,34,39). The van der Waals surface area contributed by atoms with E-state index >= 15 is 0 Å². The van der Waals surface area contributed by atoms with Gasteiger partial charge in [-0.25, -0.2) is 4.98 Å². The number of likely N-dealkylation sites (tertiary alicyclic amines) is 1. The van der Waals surface area contributed by atoms with Gasteiger partial charge in [-0.3, -0.25) is 14.4 Å². The highest BCUT2D eigenvalue weighted by molar-refractivity contribution is 9.10. The van der Waals surface area contributed by atoms with Gasteiger partial charge in [-0.05, 0) is 57.2 Å². The lowest BCUT2D eigenvalue weighted by Gasteiger charge is -2.45. The Balaban J connectivity index is 1.37. The maximum Gasteiger partial charge on any atom is 0.256 e. The number of hydrogen-bond donors (Lipinski definition) is 1. The van der Waals surface area contributed by atoms with Crippen LogP contribution in [0.3, 0.4) is 0 Å². The number of nitriles is 1. The zero-order valence-electron chi connectivity index (χ0n) is 23.3. The molecule has 2 aromatic heterocycles. The number of pyridine rings is 1. The number of nitrogens with zero attached hydrogens (tertiary/aromatic N) is 6. The van der Waals surface area contributed by atoms with Gasteiger partial charge in [0.25, 0.3) is 5.91 Å². The normalized spacial score (nSPS) is 19.0. The second kappa shape index (κ2) is 11.4. The van der Waals surface area contributed by atoms with Crippen LogP contribution in [0.15, 0.2) is 53.7 Å². The molecule has 5 rings (SSSR count). The van der Waals surface area contributed by atoms with Crippen LogP contribution >= 0.6 is 15.9 Å². The number of carbonyl (C=O) groups excluding carboxylic acids is 3. The Bertz CT molecular complexity index is 1560. The van der Waals surface area contributed by atoms with E-state index in [4.69, 9.17) is 5.26 Å². The number of carbonyl (C=O) groups is 3. The van der Waals surface area contributed by atoms with E-state index in [9.17, 15) is 14.4 Å². The van der Waals surface area contributed by atoms with Crippen molar-refractivity contribution in [2.45, 2.75) is 45.4 Å². The number of rotatable bonds is 6. The van der Waals surface area contributed by atoms with Gasteiger partial charge in [-0.15, -0.1) is 0 Å².